The molecule has 5 aromatic carbocycles. The van der Waals surface area contributed by atoms with Crippen LogP contribution in [0.2, 0.25) is 5.28 Å². The minimum Gasteiger partial charge on any atom is -0.208 e. The third-order valence-corrected chi connectivity index (χ3v) is 6.41. The standard InChI is InChI=1S/C33H22ClN3/c34-33-36-31(27-18-10-17-26(19-27)23-11-4-1-5-12-23)35-32(37-33)30-21-28(24-13-6-2-7-14-24)20-29(22-30)25-15-8-3-9-16-25/h1-22H. The van der Waals surface area contributed by atoms with Crippen molar-refractivity contribution in [1.29, 1.82) is 0 Å². The molecule has 37 heavy (non-hydrogen) atoms. The van der Waals surface area contributed by atoms with Crippen LogP contribution in [0.3, 0.4) is 0 Å². The van der Waals surface area contributed by atoms with E-state index in [9.17, 15) is 0 Å². The number of hydrogen-bond acceptors (Lipinski definition) is 3. The molecule has 0 spiro atoms. The lowest BCUT2D eigenvalue weighted by Gasteiger charge is -2.11. The zero-order valence-electron chi connectivity index (χ0n) is 19.9. The summed E-state index contributed by atoms with van der Waals surface area (Å²) in [5, 5.41) is 0.163. The van der Waals surface area contributed by atoms with Gasteiger partial charge in [0.2, 0.25) is 5.28 Å². The predicted octanol–water partition coefficient (Wildman–Crippen LogP) is 8.86. The minimum absolute atomic E-state index is 0.163. The first kappa shape index (κ1) is 22.8. The molecule has 0 N–H and O–H groups in total. The van der Waals surface area contributed by atoms with Crippen molar-refractivity contribution in [3.8, 4) is 56.2 Å². The van der Waals surface area contributed by atoms with Crippen LogP contribution in [0.4, 0.5) is 0 Å². The highest BCUT2D eigenvalue weighted by Gasteiger charge is 2.13. The van der Waals surface area contributed by atoms with Gasteiger partial charge in [-0.25, -0.2) is 4.98 Å². The van der Waals surface area contributed by atoms with Crippen molar-refractivity contribution in [2.75, 3.05) is 0 Å². The van der Waals surface area contributed by atoms with Crippen LogP contribution in [0.1, 0.15) is 0 Å². The Morgan fingerprint density at radius 3 is 1.24 bits per heavy atom. The average Bonchev–Trinajstić information content (AvgIpc) is 2.98. The van der Waals surface area contributed by atoms with Crippen molar-refractivity contribution in [2.24, 2.45) is 0 Å². The van der Waals surface area contributed by atoms with Crippen LogP contribution in [0.5, 0.6) is 0 Å². The van der Waals surface area contributed by atoms with Gasteiger partial charge in [0, 0.05) is 11.1 Å². The fraction of sp³-hybridized carbons (Fsp3) is 0. The van der Waals surface area contributed by atoms with Crippen molar-refractivity contribution in [3.05, 3.63) is 139 Å². The smallest absolute Gasteiger partial charge is 0.208 e. The summed E-state index contributed by atoms with van der Waals surface area (Å²) >= 11 is 6.46. The second-order valence-electron chi connectivity index (χ2n) is 8.73. The summed E-state index contributed by atoms with van der Waals surface area (Å²) in [6, 6.07) is 45.5. The van der Waals surface area contributed by atoms with Crippen LogP contribution in [0, 0.1) is 0 Å². The van der Waals surface area contributed by atoms with Crippen LogP contribution in [-0.4, -0.2) is 15.0 Å². The zero-order valence-corrected chi connectivity index (χ0v) is 20.7. The summed E-state index contributed by atoms with van der Waals surface area (Å²) in [6.07, 6.45) is 0. The zero-order chi connectivity index (χ0) is 25.0. The largest absolute Gasteiger partial charge is 0.226 e. The molecule has 0 saturated carbocycles. The van der Waals surface area contributed by atoms with Crippen LogP contribution >= 0.6 is 11.6 Å². The van der Waals surface area contributed by atoms with E-state index in [0.29, 0.717) is 11.6 Å². The molecule has 6 aromatic rings. The summed E-state index contributed by atoms with van der Waals surface area (Å²) in [5.74, 6) is 1.08. The summed E-state index contributed by atoms with van der Waals surface area (Å²) < 4.78 is 0. The fourth-order valence-corrected chi connectivity index (χ4v) is 4.59. The van der Waals surface area contributed by atoms with E-state index >= 15 is 0 Å². The number of halogens is 1. The van der Waals surface area contributed by atoms with Gasteiger partial charge < -0.3 is 0 Å². The quantitative estimate of drug-likeness (QED) is 0.240. The Morgan fingerprint density at radius 1 is 0.324 bits per heavy atom. The van der Waals surface area contributed by atoms with E-state index in [1.165, 1.54) is 0 Å². The third-order valence-electron chi connectivity index (χ3n) is 6.24. The molecule has 1 heterocycles. The molecule has 4 heteroatoms. The molecule has 176 valence electrons. The molecular weight excluding hydrogens is 474 g/mol. The minimum atomic E-state index is 0.163. The molecule has 0 unspecified atom stereocenters. The van der Waals surface area contributed by atoms with Crippen molar-refractivity contribution in [3.63, 3.8) is 0 Å². The number of hydrogen-bond donors (Lipinski definition) is 0. The maximum atomic E-state index is 6.46. The van der Waals surface area contributed by atoms with Gasteiger partial charge >= 0.3 is 0 Å². The van der Waals surface area contributed by atoms with Gasteiger partial charge in [-0.15, -0.1) is 0 Å². The van der Waals surface area contributed by atoms with Gasteiger partial charge in [-0.2, -0.15) is 9.97 Å². The van der Waals surface area contributed by atoms with E-state index < -0.39 is 0 Å². The van der Waals surface area contributed by atoms with Crippen LogP contribution < -0.4 is 0 Å². The van der Waals surface area contributed by atoms with Gasteiger partial charge in [0.1, 0.15) is 0 Å². The Morgan fingerprint density at radius 2 is 0.703 bits per heavy atom. The Kier molecular flexibility index (Phi) is 6.28. The van der Waals surface area contributed by atoms with Crippen molar-refractivity contribution in [2.45, 2.75) is 0 Å². The Balaban J connectivity index is 1.48. The molecular formula is C33H22ClN3. The molecule has 0 aliphatic rings. The van der Waals surface area contributed by atoms with Gasteiger partial charge in [0.15, 0.2) is 11.6 Å². The predicted molar refractivity (Wildman–Crippen MR) is 152 cm³/mol. The molecule has 0 aliphatic heterocycles. The first-order chi connectivity index (χ1) is 18.2. The summed E-state index contributed by atoms with van der Waals surface area (Å²) in [4.78, 5) is 13.9. The van der Waals surface area contributed by atoms with E-state index in [2.05, 4.69) is 76.7 Å². The van der Waals surface area contributed by atoms with E-state index in [0.717, 1.165) is 44.5 Å². The maximum absolute atomic E-state index is 6.46. The molecule has 6 rings (SSSR count). The molecule has 0 amide bonds. The van der Waals surface area contributed by atoms with Gasteiger partial charge in [-0.1, -0.05) is 109 Å². The van der Waals surface area contributed by atoms with E-state index in [1.54, 1.807) is 0 Å². The van der Waals surface area contributed by atoms with Crippen LogP contribution in [0.25, 0.3) is 56.2 Å². The summed E-state index contributed by atoms with van der Waals surface area (Å²) in [6.45, 7) is 0. The van der Waals surface area contributed by atoms with Gasteiger partial charge in [0.05, 0.1) is 0 Å². The van der Waals surface area contributed by atoms with Crippen molar-refractivity contribution >= 4 is 11.6 Å². The first-order valence-electron chi connectivity index (χ1n) is 12.1. The third kappa shape index (κ3) is 5.04. The molecule has 0 bridgehead atoms. The highest BCUT2D eigenvalue weighted by molar-refractivity contribution is 6.28. The number of nitrogens with zero attached hydrogens (tertiary/aromatic N) is 3. The summed E-state index contributed by atoms with van der Waals surface area (Å²) in [7, 11) is 0. The highest BCUT2D eigenvalue weighted by Crippen LogP contribution is 2.33. The van der Waals surface area contributed by atoms with Gasteiger partial charge in [-0.3, -0.25) is 0 Å². The van der Waals surface area contributed by atoms with E-state index in [1.807, 2.05) is 66.7 Å². The number of benzene rings is 5. The molecule has 0 aliphatic carbocycles. The van der Waals surface area contributed by atoms with Crippen LogP contribution in [-0.2, 0) is 0 Å². The maximum Gasteiger partial charge on any atom is 0.226 e. The second-order valence-corrected chi connectivity index (χ2v) is 9.07. The van der Waals surface area contributed by atoms with Gasteiger partial charge in [0.25, 0.3) is 0 Å². The Bertz CT molecular complexity index is 1610. The lowest BCUT2D eigenvalue weighted by molar-refractivity contribution is 1.07. The molecule has 0 radical (unpaired) electrons. The molecule has 1 aromatic heterocycles. The lowest BCUT2D eigenvalue weighted by atomic mass is 9.96. The van der Waals surface area contributed by atoms with Crippen LogP contribution in [0.15, 0.2) is 133 Å². The van der Waals surface area contributed by atoms with E-state index in [-0.39, 0.29) is 5.28 Å². The van der Waals surface area contributed by atoms with Crippen molar-refractivity contribution < 1.29 is 0 Å². The SMILES string of the molecule is Clc1nc(-c2cccc(-c3ccccc3)c2)nc(-c2cc(-c3ccccc3)cc(-c3ccccc3)c2)n1. The normalized spacial score (nSPS) is 10.8. The van der Waals surface area contributed by atoms with E-state index in [4.69, 9.17) is 16.6 Å². The summed E-state index contributed by atoms with van der Waals surface area (Å²) in [5.41, 5.74) is 8.40. The van der Waals surface area contributed by atoms with Crippen molar-refractivity contribution in [1.82, 2.24) is 15.0 Å². The number of aromatic nitrogens is 3. The second kappa shape index (κ2) is 10.2. The fourth-order valence-electron chi connectivity index (χ4n) is 4.43. The first-order valence-corrected chi connectivity index (χ1v) is 12.4. The monoisotopic (exact) mass is 495 g/mol. The average molecular weight is 496 g/mol. The highest BCUT2D eigenvalue weighted by atomic mass is 35.5. The Hall–Kier alpha value is -4.60. The van der Waals surface area contributed by atoms with Gasteiger partial charge in [-0.05, 0) is 69.2 Å². The molecule has 0 atom stereocenters. The number of rotatable bonds is 5. The molecule has 0 saturated heterocycles. The molecule has 3 nitrogen and oxygen atoms in total. The lowest BCUT2D eigenvalue weighted by Crippen LogP contribution is -1.98. The molecule has 0 fully saturated rings. The Labute approximate surface area is 221 Å². The topological polar surface area (TPSA) is 38.7 Å².